The lowest BCUT2D eigenvalue weighted by Crippen LogP contribution is -2.39. The number of rotatable bonds is 5. The van der Waals surface area contributed by atoms with Crippen molar-refractivity contribution in [2.45, 2.75) is 32.3 Å². The fraction of sp³-hybridized carbons (Fsp3) is 0.909. The zero-order valence-electron chi connectivity index (χ0n) is 9.79. The van der Waals surface area contributed by atoms with Gasteiger partial charge in [0.1, 0.15) is 0 Å². The molecule has 1 heterocycles. The van der Waals surface area contributed by atoms with Crippen LogP contribution in [0.4, 0.5) is 0 Å². The summed E-state index contributed by atoms with van der Waals surface area (Å²) >= 11 is 0. The summed E-state index contributed by atoms with van der Waals surface area (Å²) in [5, 5.41) is 3.15. The van der Waals surface area contributed by atoms with Crippen molar-refractivity contribution in [1.82, 2.24) is 10.2 Å². The molecule has 4 nitrogen and oxygen atoms in total. The molecule has 1 unspecified atom stereocenters. The van der Waals surface area contributed by atoms with Gasteiger partial charge >= 0.3 is 0 Å². The van der Waals surface area contributed by atoms with E-state index in [2.05, 4.69) is 5.32 Å². The highest BCUT2D eigenvalue weighted by molar-refractivity contribution is 5.77. The van der Waals surface area contributed by atoms with E-state index in [0.29, 0.717) is 12.6 Å². The number of carbonyl (C=O) groups excluding carboxylic acids is 1. The second-order valence-corrected chi connectivity index (χ2v) is 4.03. The van der Waals surface area contributed by atoms with Gasteiger partial charge in [0.15, 0.2) is 0 Å². The number of hydrogen-bond donors (Lipinski definition) is 1. The average Bonchev–Trinajstić information content (AvgIpc) is 2.29. The third-order valence-electron chi connectivity index (χ3n) is 2.82. The van der Waals surface area contributed by atoms with Crippen molar-refractivity contribution >= 4 is 5.91 Å². The van der Waals surface area contributed by atoms with E-state index < -0.39 is 0 Å². The van der Waals surface area contributed by atoms with Crippen LogP contribution in [0, 0.1) is 0 Å². The second-order valence-electron chi connectivity index (χ2n) is 4.03. The molecular formula is C11H22N2O2. The Morgan fingerprint density at radius 3 is 2.93 bits per heavy atom. The summed E-state index contributed by atoms with van der Waals surface area (Å²) in [5.41, 5.74) is 0. The van der Waals surface area contributed by atoms with Gasteiger partial charge in [-0.2, -0.15) is 0 Å². The Bertz CT molecular complexity index is 191. The van der Waals surface area contributed by atoms with Gasteiger partial charge in [0, 0.05) is 26.7 Å². The van der Waals surface area contributed by atoms with Crippen LogP contribution in [-0.2, 0) is 9.53 Å². The molecule has 1 saturated heterocycles. The van der Waals surface area contributed by atoms with Crippen LogP contribution in [0.1, 0.15) is 26.2 Å². The van der Waals surface area contributed by atoms with E-state index in [1.165, 1.54) is 12.8 Å². The summed E-state index contributed by atoms with van der Waals surface area (Å²) < 4.78 is 5.56. The highest BCUT2D eigenvalue weighted by Gasteiger charge is 2.14. The number of nitrogens with zero attached hydrogens (tertiary/aromatic N) is 1. The molecule has 1 fully saturated rings. The highest BCUT2D eigenvalue weighted by atomic mass is 16.5. The standard InChI is InChI=1S/C11H22N2O2/c1-3-13(2)11(14)9-12-8-10-6-4-5-7-15-10/h10,12H,3-9H2,1-2H3. The molecule has 0 spiro atoms. The molecule has 1 aliphatic rings. The second kappa shape index (κ2) is 6.80. The highest BCUT2D eigenvalue weighted by Crippen LogP contribution is 2.11. The van der Waals surface area contributed by atoms with E-state index in [0.717, 1.165) is 26.1 Å². The molecule has 0 aromatic carbocycles. The van der Waals surface area contributed by atoms with Gasteiger partial charge in [-0.15, -0.1) is 0 Å². The van der Waals surface area contributed by atoms with Crippen LogP contribution in [0.5, 0.6) is 0 Å². The molecule has 0 aliphatic carbocycles. The number of carbonyl (C=O) groups is 1. The number of ether oxygens (including phenoxy) is 1. The van der Waals surface area contributed by atoms with Crippen molar-refractivity contribution in [2.24, 2.45) is 0 Å². The molecule has 88 valence electrons. The molecular weight excluding hydrogens is 192 g/mol. The van der Waals surface area contributed by atoms with E-state index >= 15 is 0 Å². The van der Waals surface area contributed by atoms with Crippen molar-refractivity contribution in [3.05, 3.63) is 0 Å². The predicted molar refractivity (Wildman–Crippen MR) is 59.8 cm³/mol. The van der Waals surface area contributed by atoms with E-state index in [1.807, 2.05) is 14.0 Å². The first-order chi connectivity index (χ1) is 7.24. The molecule has 0 radical (unpaired) electrons. The minimum atomic E-state index is 0.147. The van der Waals surface area contributed by atoms with Crippen molar-refractivity contribution < 1.29 is 9.53 Å². The predicted octanol–water partition coefficient (Wildman–Crippen LogP) is 0.623. The normalized spacial score (nSPS) is 21.3. The van der Waals surface area contributed by atoms with Gasteiger partial charge < -0.3 is 15.0 Å². The lowest BCUT2D eigenvalue weighted by atomic mass is 10.1. The summed E-state index contributed by atoms with van der Waals surface area (Å²) in [4.78, 5) is 13.2. The molecule has 1 N–H and O–H groups in total. The Balaban J connectivity index is 2.07. The maximum atomic E-state index is 11.4. The van der Waals surface area contributed by atoms with Crippen LogP contribution in [0.25, 0.3) is 0 Å². The van der Waals surface area contributed by atoms with Crippen LogP contribution in [0.15, 0.2) is 0 Å². The summed E-state index contributed by atoms with van der Waals surface area (Å²) in [5.74, 6) is 0.147. The Hall–Kier alpha value is -0.610. The van der Waals surface area contributed by atoms with E-state index in [4.69, 9.17) is 4.74 Å². The van der Waals surface area contributed by atoms with Crippen LogP contribution < -0.4 is 5.32 Å². The van der Waals surface area contributed by atoms with Gasteiger partial charge in [-0.25, -0.2) is 0 Å². The molecule has 0 aromatic heterocycles. The van der Waals surface area contributed by atoms with Crippen molar-refractivity contribution in [3.8, 4) is 0 Å². The van der Waals surface area contributed by atoms with Crippen LogP contribution in [0.3, 0.4) is 0 Å². The fourth-order valence-corrected chi connectivity index (χ4v) is 1.62. The lowest BCUT2D eigenvalue weighted by molar-refractivity contribution is -0.128. The largest absolute Gasteiger partial charge is 0.377 e. The van der Waals surface area contributed by atoms with E-state index in [-0.39, 0.29) is 5.91 Å². The van der Waals surface area contributed by atoms with E-state index in [1.54, 1.807) is 4.90 Å². The molecule has 1 amide bonds. The van der Waals surface area contributed by atoms with Crippen LogP contribution in [-0.4, -0.2) is 50.2 Å². The third kappa shape index (κ3) is 4.62. The summed E-state index contributed by atoms with van der Waals surface area (Å²) in [6.07, 6.45) is 3.84. The van der Waals surface area contributed by atoms with Gasteiger partial charge in [-0.1, -0.05) is 0 Å². The minimum Gasteiger partial charge on any atom is -0.377 e. The van der Waals surface area contributed by atoms with Crippen molar-refractivity contribution in [1.29, 1.82) is 0 Å². The molecule has 0 aromatic rings. The SMILES string of the molecule is CCN(C)C(=O)CNCC1CCCCO1. The first-order valence-corrected chi connectivity index (χ1v) is 5.80. The smallest absolute Gasteiger partial charge is 0.236 e. The van der Waals surface area contributed by atoms with Gasteiger partial charge in [0.2, 0.25) is 5.91 Å². The first kappa shape index (κ1) is 12.5. The Morgan fingerprint density at radius 2 is 2.33 bits per heavy atom. The summed E-state index contributed by atoms with van der Waals surface area (Å²) in [6.45, 7) is 4.82. The molecule has 0 saturated carbocycles. The van der Waals surface area contributed by atoms with Gasteiger partial charge in [0.25, 0.3) is 0 Å². The van der Waals surface area contributed by atoms with E-state index in [9.17, 15) is 4.79 Å². The summed E-state index contributed by atoms with van der Waals surface area (Å²) in [7, 11) is 1.82. The lowest BCUT2D eigenvalue weighted by Gasteiger charge is -2.23. The zero-order chi connectivity index (χ0) is 11.1. The molecule has 15 heavy (non-hydrogen) atoms. The van der Waals surface area contributed by atoms with Crippen molar-refractivity contribution in [3.63, 3.8) is 0 Å². The number of hydrogen-bond acceptors (Lipinski definition) is 3. The maximum absolute atomic E-state index is 11.4. The molecule has 0 bridgehead atoms. The Morgan fingerprint density at radius 1 is 1.53 bits per heavy atom. The number of nitrogens with one attached hydrogen (secondary N) is 1. The monoisotopic (exact) mass is 214 g/mol. The molecule has 1 atom stereocenters. The fourth-order valence-electron chi connectivity index (χ4n) is 1.62. The number of likely N-dealkylation sites (N-methyl/N-ethyl adjacent to an activating group) is 1. The quantitative estimate of drug-likeness (QED) is 0.729. The molecule has 1 aliphatic heterocycles. The Labute approximate surface area is 92.0 Å². The molecule has 1 rings (SSSR count). The summed E-state index contributed by atoms with van der Waals surface area (Å²) in [6, 6.07) is 0. The van der Waals surface area contributed by atoms with Crippen LogP contribution >= 0.6 is 0 Å². The number of amides is 1. The van der Waals surface area contributed by atoms with Crippen molar-refractivity contribution in [2.75, 3.05) is 33.3 Å². The van der Waals surface area contributed by atoms with Crippen LogP contribution in [0.2, 0.25) is 0 Å². The van der Waals surface area contributed by atoms with Gasteiger partial charge in [0.05, 0.1) is 12.6 Å². The third-order valence-corrected chi connectivity index (χ3v) is 2.82. The topological polar surface area (TPSA) is 41.6 Å². The Kier molecular flexibility index (Phi) is 5.65. The zero-order valence-corrected chi connectivity index (χ0v) is 9.79. The molecule has 4 heteroatoms. The van der Waals surface area contributed by atoms with Gasteiger partial charge in [-0.3, -0.25) is 4.79 Å². The first-order valence-electron chi connectivity index (χ1n) is 5.80. The maximum Gasteiger partial charge on any atom is 0.236 e. The van der Waals surface area contributed by atoms with Gasteiger partial charge in [-0.05, 0) is 26.2 Å². The average molecular weight is 214 g/mol. The minimum absolute atomic E-state index is 0.147.